The van der Waals surface area contributed by atoms with Crippen molar-refractivity contribution < 1.29 is 4.74 Å². The molecule has 0 amide bonds. The minimum absolute atomic E-state index is 0.539. The smallest absolute Gasteiger partial charge is 0.292 e. The molecule has 12 heavy (non-hydrogen) atoms. The summed E-state index contributed by atoms with van der Waals surface area (Å²) in [5.41, 5.74) is 1.84. The lowest BCUT2D eigenvalue weighted by atomic mass is 10.1. The summed E-state index contributed by atoms with van der Waals surface area (Å²) in [5.74, 6) is 0.539. The van der Waals surface area contributed by atoms with Gasteiger partial charge in [-0.15, -0.1) is 5.26 Å². The van der Waals surface area contributed by atoms with E-state index >= 15 is 0 Å². The first-order valence-electron chi connectivity index (χ1n) is 3.48. The van der Waals surface area contributed by atoms with Gasteiger partial charge in [0.1, 0.15) is 5.75 Å². The maximum absolute atomic E-state index is 8.27. The summed E-state index contributed by atoms with van der Waals surface area (Å²) in [5, 5.41) is 8.99. The van der Waals surface area contributed by atoms with E-state index in [9.17, 15) is 0 Å². The molecule has 0 atom stereocenters. The van der Waals surface area contributed by atoms with Gasteiger partial charge in [0.2, 0.25) is 0 Å². The van der Waals surface area contributed by atoms with Gasteiger partial charge in [-0.25, -0.2) is 0 Å². The van der Waals surface area contributed by atoms with Crippen molar-refractivity contribution in [3.63, 3.8) is 0 Å². The summed E-state index contributed by atoms with van der Waals surface area (Å²) < 4.78 is 4.67. The molecule has 0 N–H and O–H groups in total. The van der Waals surface area contributed by atoms with Crippen LogP contribution in [0.4, 0.5) is 0 Å². The van der Waals surface area contributed by atoms with Gasteiger partial charge in [-0.3, -0.25) is 0 Å². The molecule has 0 bridgehead atoms. The van der Waals surface area contributed by atoms with Crippen molar-refractivity contribution in [1.82, 2.24) is 0 Å². The van der Waals surface area contributed by atoms with Gasteiger partial charge < -0.3 is 4.74 Å². The predicted octanol–water partition coefficient (Wildman–Crippen LogP) is 2.82. The molecular weight excluding hydrogens is 174 g/mol. The zero-order valence-corrected chi connectivity index (χ0v) is 7.64. The van der Waals surface area contributed by atoms with E-state index < -0.39 is 0 Å². The molecule has 0 aliphatic rings. The number of aryl methyl sites for hydroxylation is 2. The Kier molecular flexibility index (Phi) is 2.57. The van der Waals surface area contributed by atoms with Crippen LogP contribution in [-0.4, -0.2) is 0 Å². The number of nitrogens with zero attached hydrogens (tertiary/aromatic N) is 1. The fraction of sp³-hybridized carbons (Fsp3) is 0.222. The number of rotatable bonds is 1. The van der Waals surface area contributed by atoms with Crippen molar-refractivity contribution in [2.24, 2.45) is 0 Å². The minimum atomic E-state index is 0.539. The molecule has 0 spiro atoms. The van der Waals surface area contributed by atoms with Gasteiger partial charge in [0.25, 0.3) is 6.26 Å². The first-order valence-corrected chi connectivity index (χ1v) is 3.85. The van der Waals surface area contributed by atoms with Crippen LogP contribution in [-0.2, 0) is 0 Å². The monoisotopic (exact) mass is 181 g/mol. The Labute approximate surface area is 76.3 Å². The lowest BCUT2D eigenvalue weighted by Crippen LogP contribution is -1.86. The highest BCUT2D eigenvalue weighted by Gasteiger charge is 2.02. The summed E-state index contributed by atoms with van der Waals surface area (Å²) in [7, 11) is 0. The zero-order valence-electron chi connectivity index (χ0n) is 6.89. The van der Waals surface area contributed by atoms with Crippen LogP contribution < -0.4 is 4.74 Å². The van der Waals surface area contributed by atoms with E-state index in [2.05, 4.69) is 4.74 Å². The highest BCUT2D eigenvalue weighted by molar-refractivity contribution is 6.32. The van der Waals surface area contributed by atoms with E-state index in [0.717, 1.165) is 16.1 Å². The van der Waals surface area contributed by atoms with Crippen LogP contribution in [0.25, 0.3) is 0 Å². The van der Waals surface area contributed by atoms with Crippen molar-refractivity contribution in [3.8, 4) is 12.0 Å². The van der Waals surface area contributed by atoms with E-state index in [1.807, 2.05) is 13.8 Å². The molecule has 0 radical (unpaired) electrons. The third-order valence-electron chi connectivity index (χ3n) is 1.57. The lowest BCUT2D eigenvalue weighted by Gasteiger charge is -2.03. The van der Waals surface area contributed by atoms with Gasteiger partial charge >= 0.3 is 0 Å². The van der Waals surface area contributed by atoms with Gasteiger partial charge in [-0.05, 0) is 37.1 Å². The number of benzene rings is 1. The summed E-state index contributed by atoms with van der Waals surface area (Å²) in [6, 6.07) is 3.47. The van der Waals surface area contributed by atoms with Crippen molar-refractivity contribution in [2.75, 3.05) is 0 Å². The summed E-state index contributed by atoms with van der Waals surface area (Å²) in [6.07, 6.45) is 1.61. The average molecular weight is 182 g/mol. The maximum Gasteiger partial charge on any atom is 0.292 e. The Balaban J connectivity index is 3.14. The molecule has 0 aliphatic carbocycles. The molecule has 62 valence electrons. The van der Waals surface area contributed by atoms with E-state index in [1.54, 1.807) is 18.4 Å². The fourth-order valence-electron chi connectivity index (χ4n) is 1.02. The second kappa shape index (κ2) is 3.46. The molecule has 0 aliphatic heterocycles. The molecule has 0 saturated heterocycles. The summed E-state index contributed by atoms with van der Waals surface area (Å²) >= 11 is 5.91. The molecule has 0 saturated carbocycles. The number of halogens is 1. The van der Waals surface area contributed by atoms with Crippen LogP contribution in [0.2, 0.25) is 5.02 Å². The first-order chi connectivity index (χ1) is 5.65. The van der Waals surface area contributed by atoms with Crippen LogP contribution in [0.15, 0.2) is 12.1 Å². The Bertz CT molecular complexity index is 318. The van der Waals surface area contributed by atoms with Crippen LogP contribution in [0, 0.1) is 25.4 Å². The van der Waals surface area contributed by atoms with Crippen LogP contribution >= 0.6 is 11.6 Å². The van der Waals surface area contributed by atoms with Crippen molar-refractivity contribution in [2.45, 2.75) is 13.8 Å². The van der Waals surface area contributed by atoms with E-state index in [1.165, 1.54) is 0 Å². The maximum atomic E-state index is 8.27. The zero-order chi connectivity index (χ0) is 9.14. The quantitative estimate of drug-likeness (QED) is 0.625. The normalized spacial score (nSPS) is 9.17. The fourth-order valence-corrected chi connectivity index (χ4v) is 1.13. The third-order valence-corrected chi connectivity index (χ3v) is 2.17. The third kappa shape index (κ3) is 1.69. The number of hydrogen-bond donors (Lipinski definition) is 0. The van der Waals surface area contributed by atoms with Gasteiger partial charge in [0.05, 0.1) is 0 Å². The van der Waals surface area contributed by atoms with Gasteiger partial charge in [-0.1, -0.05) is 11.6 Å². The highest BCUT2D eigenvalue weighted by Crippen LogP contribution is 2.25. The van der Waals surface area contributed by atoms with Crippen molar-refractivity contribution >= 4 is 11.6 Å². The second-order valence-corrected chi connectivity index (χ2v) is 2.94. The molecule has 0 heterocycles. The van der Waals surface area contributed by atoms with E-state index in [0.29, 0.717) is 5.75 Å². The molecule has 0 unspecified atom stereocenters. The average Bonchev–Trinajstić information content (AvgIpc) is 2.01. The minimum Gasteiger partial charge on any atom is -0.388 e. The number of nitriles is 1. The standard InChI is InChI=1S/C9H8ClNO/c1-6-3-8(12-5-11)4-7(2)9(6)10/h3-4H,1-2H3. The molecule has 2 nitrogen and oxygen atoms in total. The Morgan fingerprint density at radius 2 is 1.83 bits per heavy atom. The lowest BCUT2D eigenvalue weighted by molar-refractivity contribution is 0.506. The number of ether oxygens (including phenoxy) is 1. The molecular formula is C9H8ClNO. The molecule has 1 rings (SSSR count). The summed E-state index contributed by atoms with van der Waals surface area (Å²) in [4.78, 5) is 0. The van der Waals surface area contributed by atoms with E-state index in [-0.39, 0.29) is 0 Å². The molecule has 0 fully saturated rings. The molecule has 0 aromatic heterocycles. The van der Waals surface area contributed by atoms with Crippen molar-refractivity contribution in [3.05, 3.63) is 28.3 Å². The van der Waals surface area contributed by atoms with Crippen LogP contribution in [0.3, 0.4) is 0 Å². The SMILES string of the molecule is Cc1cc(OC#N)cc(C)c1Cl. The van der Waals surface area contributed by atoms with Gasteiger partial charge in [-0.2, -0.15) is 0 Å². The first kappa shape index (κ1) is 8.89. The van der Waals surface area contributed by atoms with Gasteiger partial charge in [0.15, 0.2) is 0 Å². The topological polar surface area (TPSA) is 33.0 Å². The molecule has 3 heteroatoms. The number of hydrogen-bond acceptors (Lipinski definition) is 2. The summed E-state index contributed by atoms with van der Waals surface area (Å²) in [6.45, 7) is 3.75. The Morgan fingerprint density at radius 3 is 2.25 bits per heavy atom. The van der Waals surface area contributed by atoms with Crippen molar-refractivity contribution in [1.29, 1.82) is 5.26 Å². The Hall–Kier alpha value is -1.20. The largest absolute Gasteiger partial charge is 0.388 e. The van der Waals surface area contributed by atoms with Crippen LogP contribution in [0.1, 0.15) is 11.1 Å². The highest BCUT2D eigenvalue weighted by atomic mass is 35.5. The second-order valence-electron chi connectivity index (χ2n) is 2.56. The van der Waals surface area contributed by atoms with Gasteiger partial charge in [0, 0.05) is 5.02 Å². The van der Waals surface area contributed by atoms with E-state index in [4.69, 9.17) is 16.9 Å². The van der Waals surface area contributed by atoms with Crippen LogP contribution in [0.5, 0.6) is 5.75 Å². The molecule has 1 aromatic carbocycles. The Morgan fingerprint density at radius 1 is 1.33 bits per heavy atom. The predicted molar refractivity (Wildman–Crippen MR) is 47.2 cm³/mol. The molecule has 1 aromatic rings.